The van der Waals surface area contributed by atoms with Crippen LogP contribution in [-0.2, 0) is 22.7 Å². The van der Waals surface area contributed by atoms with E-state index in [0.717, 1.165) is 49.0 Å². The van der Waals surface area contributed by atoms with Crippen molar-refractivity contribution in [2.45, 2.75) is 71.0 Å². The molecular formula is C24H31FN2O2S. The molecule has 1 fully saturated rings. The average molecular weight is 431 g/mol. The lowest BCUT2D eigenvalue weighted by Crippen LogP contribution is -2.43. The number of unbranched alkanes of at least 4 members (excludes halogenated alkanes) is 3. The molecule has 4 nitrogen and oxygen atoms in total. The molecule has 6 heteroatoms. The van der Waals surface area contributed by atoms with Crippen molar-refractivity contribution in [1.82, 2.24) is 9.80 Å². The van der Waals surface area contributed by atoms with Crippen molar-refractivity contribution in [3.63, 3.8) is 0 Å². The summed E-state index contributed by atoms with van der Waals surface area (Å²) in [6, 6.07) is 10.4. The Bertz CT molecular complexity index is 803. The Labute approximate surface area is 182 Å². The third-order valence-electron chi connectivity index (χ3n) is 5.42. The van der Waals surface area contributed by atoms with E-state index in [1.54, 1.807) is 33.3 Å². The Balaban J connectivity index is 1.65. The highest BCUT2D eigenvalue weighted by Crippen LogP contribution is 2.28. The summed E-state index contributed by atoms with van der Waals surface area (Å²) in [5.41, 5.74) is 0.880. The second-order valence-electron chi connectivity index (χ2n) is 8.02. The van der Waals surface area contributed by atoms with E-state index in [9.17, 15) is 14.0 Å². The maximum absolute atomic E-state index is 13.3. The second-order valence-corrected chi connectivity index (χ2v) is 9.05. The van der Waals surface area contributed by atoms with E-state index in [1.807, 2.05) is 17.5 Å². The van der Waals surface area contributed by atoms with Crippen molar-refractivity contribution in [2.75, 3.05) is 6.54 Å². The Morgan fingerprint density at radius 1 is 1.03 bits per heavy atom. The summed E-state index contributed by atoms with van der Waals surface area (Å²) >= 11 is 1.61. The fourth-order valence-corrected chi connectivity index (χ4v) is 4.25. The maximum Gasteiger partial charge on any atom is 0.242 e. The summed E-state index contributed by atoms with van der Waals surface area (Å²) in [4.78, 5) is 30.7. The molecule has 0 unspecified atom stereocenters. The number of hydrogen-bond acceptors (Lipinski definition) is 3. The van der Waals surface area contributed by atoms with Crippen LogP contribution in [0, 0.1) is 5.82 Å². The standard InChI is InChI=1S/C24H31FN2O2S/c1-2-3-4-5-8-23(28)27(21-13-14-21)18-24(29)26(17-22-7-6-15-30-22)16-19-9-11-20(25)12-10-19/h6-7,9-12,15,21H,2-5,8,13-14,16-18H2,1H3. The monoisotopic (exact) mass is 430 g/mol. The molecule has 162 valence electrons. The molecule has 0 atom stereocenters. The van der Waals surface area contributed by atoms with Gasteiger partial charge < -0.3 is 9.80 Å². The largest absolute Gasteiger partial charge is 0.332 e. The van der Waals surface area contributed by atoms with Gasteiger partial charge >= 0.3 is 0 Å². The number of benzene rings is 1. The topological polar surface area (TPSA) is 40.6 Å². The first-order chi connectivity index (χ1) is 14.6. The lowest BCUT2D eigenvalue weighted by molar-refractivity contribution is -0.141. The van der Waals surface area contributed by atoms with Crippen LogP contribution in [0.15, 0.2) is 41.8 Å². The van der Waals surface area contributed by atoms with Crippen LogP contribution in [0.2, 0.25) is 0 Å². The number of carbonyl (C=O) groups excluding carboxylic acids is 2. The Kier molecular flexibility index (Phi) is 8.43. The second kappa shape index (κ2) is 11.3. The molecule has 1 heterocycles. The van der Waals surface area contributed by atoms with Gasteiger partial charge in [-0.1, -0.05) is 44.4 Å². The van der Waals surface area contributed by atoms with E-state index in [2.05, 4.69) is 6.92 Å². The molecule has 1 aliphatic carbocycles. The molecule has 30 heavy (non-hydrogen) atoms. The van der Waals surface area contributed by atoms with Crippen LogP contribution >= 0.6 is 11.3 Å². The van der Waals surface area contributed by atoms with Crippen LogP contribution in [-0.4, -0.2) is 34.2 Å². The number of halogens is 1. The fourth-order valence-electron chi connectivity index (χ4n) is 3.53. The summed E-state index contributed by atoms with van der Waals surface area (Å²) in [7, 11) is 0. The van der Waals surface area contributed by atoms with Crippen LogP contribution < -0.4 is 0 Å². The maximum atomic E-state index is 13.3. The predicted octanol–water partition coefficient (Wildman–Crippen LogP) is 5.38. The molecule has 0 radical (unpaired) electrons. The number of thiophene rings is 1. The third kappa shape index (κ3) is 6.94. The fraction of sp³-hybridized carbons (Fsp3) is 0.500. The first-order valence-electron chi connectivity index (χ1n) is 10.9. The van der Waals surface area contributed by atoms with E-state index in [-0.39, 0.29) is 30.2 Å². The van der Waals surface area contributed by atoms with Crippen LogP contribution in [0.1, 0.15) is 62.3 Å². The van der Waals surface area contributed by atoms with Crippen LogP contribution in [0.3, 0.4) is 0 Å². The Morgan fingerprint density at radius 2 is 1.80 bits per heavy atom. The molecule has 3 rings (SSSR count). The van der Waals surface area contributed by atoms with Gasteiger partial charge in [-0.25, -0.2) is 4.39 Å². The van der Waals surface area contributed by atoms with Crippen LogP contribution in [0.5, 0.6) is 0 Å². The van der Waals surface area contributed by atoms with Crippen molar-refractivity contribution >= 4 is 23.2 Å². The Hall–Kier alpha value is -2.21. The number of rotatable bonds is 12. The molecule has 0 saturated heterocycles. The molecule has 1 saturated carbocycles. The van der Waals surface area contributed by atoms with Gasteiger partial charge in [0.15, 0.2) is 0 Å². The molecule has 2 aromatic rings. The van der Waals surface area contributed by atoms with Crippen molar-refractivity contribution in [1.29, 1.82) is 0 Å². The van der Waals surface area contributed by atoms with Gasteiger partial charge in [-0.2, -0.15) is 0 Å². The molecule has 0 N–H and O–H groups in total. The summed E-state index contributed by atoms with van der Waals surface area (Å²) in [6.07, 6.45) is 6.71. The minimum atomic E-state index is -0.288. The van der Waals surface area contributed by atoms with Gasteiger partial charge in [0.25, 0.3) is 0 Å². The van der Waals surface area contributed by atoms with Gasteiger partial charge in [-0.3, -0.25) is 9.59 Å². The van der Waals surface area contributed by atoms with E-state index >= 15 is 0 Å². The zero-order valence-corrected chi connectivity index (χ0v) is 18.5. The highest BCUT2D eigenvalue weighted by molar-refractivity contribution is 7.09. The zero-order valence-electron chi connectivity index (χ0n) is 17.7. The predicted molar refractivity (Wildman–Crippen MR) is 118 cm³/mol. The van der Waals surface area contributed by atoms with E-state index in [0.29, 0.717) is 19.5 Å². The number of carbonyl (C=O) groups is 2. The summed E-state index contributed by atoms with van der Waals surface area (Å²) in [6.45, 7) is 3.18. The highest BCUT2D eigenvalue weighted by atomic mass is 32.1. The minimum absolute atomic E-state index is 0.0541. The SMILES string of the molecule is CCCCCCC(=O)N(CC(=O)N(Cc1ccc(F)cc1)Cc1cccs1)C1CC1. The van der Waals surface area contributed by atoms with Gasteiger partial charge in [0.2, 0.25) is 11.8 Å². The molecule has 1 aromatic carbocycles. The lowest BCUT2D eigenvalue weighted by Gasteiger charge is -2.28. The number of amides is 2. The molecule has 1 aromatic heterocycles. The van der Waals surface area contributed by atoms with Crippen LogP contribution in [0.25, 0.3) is 0 Å². The summed E-state index contributed by atoms with van der Waals surface area (Å²) in [5, 5.41) is 1.99. The quantitative estimate of drug-likeness (QED) is 0.424. The van der Waals surface area contributed by atoms with Crippen LogP contribution in [0.4, 0.5) is 4.39 Å². The Morgan fingerprint density at radius 3 is 2.43 bits per heavy atom. The van der Waals surface area contributed by atoms with E-state index in [4.69, 9.17) is 0 Å². The van der Waals surface area contributed by atoms with Gasteiger partial charge in [0.1, 0.15) is 12.4 Å². The minimum Gasteiger partial charge on any atom is -0.332 e. The molecule has 0 aliphatic heterocycles. The van der Waals surface area contributed by atoms with E-state index < -0.39 is 0 Å². The van der Waals surface area contributed by atoms with Crippen molar-refractivity contribution in [2.24, 2.45) is 0 Å². The highest BCUT2D eigenvalue weighted by Gasteiger charge is 2.34. The summed E-state index contributed by atoms with van der Waals surface area (Å²) in [5.74, 6) is -0.246. The van der Waals surface area contributed by atoms with Crippen molar-refractivity contribution in [3.8, 4) is 0 Å². The van der Waals surface area contributed by atoms with Gasteiger partial charge in [0.05, 0.1) is 6.54 Å². The normalized spacial score (nSPS) is 13.3. The lowest BCUT2D eigenvalue weighted by atomic mass is 10.1. The smallest absolute Gasteiger partial charge is 0.242 e. The summed E-state index contributed by atoms with van der Waals surface area (Å²) < 4.78 is 13.3. The third-order valence-corrected chi connectivity index (χ3v) is 6.29. The number of hydrogen-bond donors (Lipinski definition) is 0. The first kappa shape index (κ1) is 22.5. The molecular weight excluding hydrogens is 399 g/mol. The van der Waals surface area contributed by atoms with Gasteiger partial charge in [-0.15, -0.1) is 11.3 Å². The van der Waals surface area contributed by atoms with Gasteiger partial charge in [0, 0.05) is 23.9 Å². The molecule has 1 aliphatic rings. The molecule has 2 amide bonds. The van der Waals surface area contributed by atoms with Crippen molar-refractivity contribution in [3.05, 3.63) is 58.0 Å². The first-order valence-corrected chi connectivity index (χ1v) is 11.8. The van der Waals surface area contributed by atoms with E-state index in [1.165, 1.54) is 12.1 Å². The number of nitrogens with zero attached hydrogens (tertiary/aromatic N) is 2. The molecule has 0 spiro atoms. The van der Waals surface area contributed by atoms with Gasteiger partial charge in [-0.05, 0) is 48.4 Å². The molecule has 0 bridgehead atoms. The average Bonchev–Trinajstić information content (AvgIpc) is 3.45. The zero-order chi connectivity index (χ0) is 21.3. The van der Waals surface area contributed by atoms with Crippen molar-refractivity contribution < 1.29 is 14.0 Å².